The molecule has 0 aromatic carbocycles. The lowest BCUT2D eigenvalue weighted by Crippen LogP contribution is -2.19. The maximum atomic E-state index is 8.45. The fourth-order valence-corrected chi connectivity index (χ4v) is 2.10. The summed E-state index contributed by atoms with van der Waals surface area (Å²) in [4.78, 5) is 8.45. The molecule has 1 heterocycles. The molecule has 62 valence electrons. The first-order valence-corrected chi connectivity index (χ1v) is 4.92. The Morgan fingerprint density at radius 3 is 3.09 bits per heavy atom. The van der Waals surface area contributed by atoms with Crippen molar-refractivity contribution in [3.8, 4) is 0 Å². The van der Waals surface area contributed by atoms with Gasteiger partial charge in [-0.3, -0.25) is 0 Å². The second-order valence-electron chi connectivity index (χ2n) is 3.29. The summed E-state index contributed by atoms with van der Waals surface area (Å²) >= 11 is 0. The smallest absolute Gasteiger partial charge is 0.409 e. The van der Waals surface area contributed by atoms with Gasteiger partial charge in [-0.2, -0.15) is 0 Å². The van der Waals surface area contributed by atoms with Crippen molar-refractivity contribution in [3.63, 3.8) is 0 Å². The van der Waals surface area contributed by atoms with Crippen LogP contribution in [-0.4, -0.2) is 33.6 Å². The van der Waals surface area contributed by atoms with Crippen molar-refractivity contribution in [1.82, 2.24) is 0 Å². The fourth-order valence-electron chi connectivity index (χ4n) is 1.79. The van der Waals surface area contributed by atoms with Crippen LogP contribution in [-0.2, 0) is 9.16 Å². The first kappa shape index (κ1) is 7.73. The Kier molecular flexibility index (Phi) is 2.27. The molecule has 11 heavy (non-hydrogen) atoms. The molecule has 2 fully saturated rings. The van der Waals surface area contributed by atoms with Gasteiger partial charge in [-0.1, -0.05) is 0 Å². The largest absolute Gasteiger partial charge is 0.430 e. The first-order valence-electron chi connectivity index (χ1n) is 4.06. The van der Waals surface area contributed by atoms with E-state index in [2.05, 4.69) is 0 Å². The van der Waals surface area contributed by atoms with E-state index in [4.69, 9.17) is 14.0 Å². The van der Waals surface area contributed by atoms with Gasteiger partial charge in [0.05, 0.1) is 12.2 Å². The molecule has 2 aliphatic rings. The normalized spacial score (nSPS) is 41.7. The summed E-state index contributed by atoms with van der Waals surface area (Å²) < 4.78 is 10.3. The summed E-state index contributed by atoms with van der Waals surface area (Å²) in [5.41, 5.74) is 0. The summed E-state index contributed by atoms with van der Waals surface area (Å²) in [6.45, 7) is 0.710. The van der Waals surface area contributed by atoms with Crippen molar-refractivity contribution in [2.24, 2.45) is 5.92 Å². The minimum atomic E-state index is -0.353. The molecule has 1 saturated carbocycles. The topological polar surface area (TPSA) is 42.0 Å². The average Bonchev–Trinajstić information content (AvgIpc) is 2.78. The summed E-state index contributed by atoms with van der Waals surface area (Å²) in [7, 11) is -0.353. The van der Waals surface area contributed by atoms with Gasteiger partial charge in [0.25, 0.3) is 0 Å². The molecule has 1 saturated heterocycles. The monoisotopic (exact) mass is 172 g/mol. The minimum Gasteiger partial charge on any atom is -0.409 e. The summed E-state index contributed by atoms with van der Waals surface area (Å²) in [5.74, 6) is 0.624. The molecule has 3 unspecified atom stereocenters. The predicted molar refractivity (Wildman–Crippen MR) is 39.9 cm³/mol. The Balaban J connectivity index is 1.68. The van der Waals surface area contributed by atoms with Crippen LogP contribution in [0.1, 0.15) is 19.3 Å². The van der Waals surface area contributed by atoms with Crippen LogP contribution in [0.5, 0.6) is 0 Å². The van der Waals surface area contributed by atoms with Gasteiger partial charge >= 0.3 is 10.0 Å². The van der Waals surface area contributed by atoms with E-state index in [1.54, 1.807) is 0 Å². The average molecular weight is 172 g/mol. The van der Waals surface area contributed by atoms with E-state index < -0.39 is 0 Å². The first-order chi connectivity index (χ1) is 5.40. The van der Waals surface area contributed by atoms with Gasteiger partial charge in [-0.25, -0.2) is 0 Å². The van der Waals surface area contributed by atoms with Crippen molar-refractivity contribution in [1.29, 1.82) is 0 Å². The van der Waals surface area contributed by atoms with Crippen LogP contribution in [0.2, 0.25) is 0 Å². The van der Waals surface area contributed by atoms with E-state index >= 15 is 0 Å². The molecule has 0 spiro atoms. The third kappa shape index (κ3) is 1.82. The third-order valence-corrected chi connectivity index (χ3v) is 2.79. The van der Waals surface area contributed by atoms with E-state index in [9.17, 15) is 0 Å². The van der Waals surface area contributed by atoms with Crippen LogP contribution in [0, 0.1) is 5.92 Å². The van der Waals surface area contributed by atoms with Crippen LogP contribution >= 0.6 is 0 Å². The molecule has 0 aromatic rings. The molecular weight excluding hydrogens is 160 g/mol. The highest BCUT2D eigenvalue weighted by Gasteiger charge is 2.43. The van der Waals surface area contributed by atoms with Crippen LogP contribution in [0.4, 0.5) is 0 Å². The summed E-state index contributed by atoms with van der Waals surface area (Å²) in [6.07, 6.45) is 4.62. The Morgan fingerprint density at radius 1 is 1.45 bits per heavy atom. The Labute approximate surface area is 68.8 Å². The zero-order valence-electron chi connectivity index (χ0n) is 6.32. The lowest BCUT2D eigenvalue weighted by molar-refractivity contribution is 0.201. The van der Waals surface area contributed by atoms with Crippen molar-refractivity contribution < 1.29 is 14.0 Å². The van der Waals surface area contributed by atoms with Crippen LogP contribution < -0.4 is 0 Å². The number of hydrogen-bond acceptors (Lipinski definition) is 3. The predicted octanol–water partition coefficient (Wildman–Crippen LogP) is 0.0970. The molecule has 1 aliphatic carbocycles. The third-order valence-electron chi connectivity index (χ3n) is 2.50. The van der Waals surface area contributed by atoms with Crippen LogP contribution in [0.3, 0.4) is 0 Å². The Bertz CT molecular complexity index is 142. The van der Waals surface area contributed by atoms with Gasteiger partial charge in [-0.05, 0) is 25.2 Å². The molecule has 0 amide bonds. The molecule has 2 rings (SSSR count). The van der Waals surface area contributed by atoms with Gasteiger partial charge in [-0.15, -0.1) is 0 Å². The highest BCUT2D eigenvalue weighted by Crippen LogP contribution is 2.39. The van der Waals surface area contributed by atoms with Gasteiger partial charge < -0.3 is 14.0 Å². The Morgan fingerprint density at radius 2 is 2.36 bits per heavy atom. The van der Waals surface area contributed by atoms with Crippen LogP contribution in [0.25, 0.3) is 0 Å². The molecule has 4 heteroatoms. The van der Waals surface area contributed by atoms with Gasteiger partial charge in [0.15, 0.2) is 0 Å². The second kappa shape index (κ2) is 3.22. The number of rotatable bonds is 3. The number of epoxide rings is 1. The lowest BCUT2D eigenvalue weighted by atomic mass is 9.90. The van der Waals surface area contributed by atoms with E-state index in [-0.39, 0.29) is 10.0 Å². The number of ether oxygens (including phenoxy) is 1. The maximum absolute atomic E-state index is 8.45. The number of fused-ring (bicyclic) bond motifs is 1. The van der Waals surface area contributed by atoms with Crippen molar-refractivity contribution >= 4 is 10.0 Å². The fraction of sp³-hybridized carbons (Fsp3) is 1.00. The Hall–Kier alpha value is 0.0969. The second-order valence-corrected chi connectivity index (χ2v) is 3.77. The van der Waals surface area contributed by atoms with Crippen LogP contribution in [0.15, 0.2) is 0 Å². The SMILES string of the molecule is O[Si]OCC1CCC2OC2C1. The van der Waals surface area contributed by atoms with E-state index in [0.29, 0.717) is 24.7 Å². The van der Waals surface area contributed by atoms with Crippen molar-refractivity contribution in [2.75, 3.05) is 6.61 Å². The standard InChI is InChI=1S/C7H12O3Si/c8-11-9-4-5-1-2-6-7(3-5)10-6/h5-8H,1-4H2. The molecule has 1 N–H and O–H groups in total. The van der Waals surface area contributed by atoms with Gasteiger partial charge in [0.2, 0.25) is 0 Å². The highest BCUT2D eigenvalue weighted by molar-refractivity contribution is 6.15. The quantitative estimate of drug-likeness (QED) is 0.485. The zero-order chi connectivity index (χ0) is 7.68. The summed E-state index contributed by atoms with van der Waals surface area (Å²) in [5, 5.41) is 0. The van der Waals surface area contributed by atoms with Gasteiger partial charge in [0.1, 0.15) is 0 Å². The molecule has 3 atom stereocenters. The zero-order valence-corrected chi connectivity index (χ0v) is 7.32. The van der Waals surface area contributed by atoms with Gasteiger partial charge in [0, 0.05) is 6.61 Å². The van der Waals surface area contributed by atoms with Crippen molar-refractivity contribution in [3.05, 3.63) is 0 Å². The highest BCUT2D eigenvalue weighted by atomic mass is 28.2. The van der Waals surface area contributed by atoms with Crippen molar-refractivity contribution in [2.45, 2.75) is 31.5 Å². The molecule has 1 aliphatic heterocycles. The van der Waals surface area contributed by atoms with E-state index in [0.717, 1.165) is 6.42 Å². The minimum absolute atomic E-state index is 0.353. The molecule has 0 aromatic heterocycles. The van der Waals surface area contributed by atoms with E-state index in [1.165, 1.54) is 12.8 Å². The molecular formula is C7H12O3Si. The molecule has 0 bridgehead atoms. The van der Waals surface area contributed by atoms with E-state index in [1.807, 2.05) is 0 Å². The summed E-state index contributed by atoms with van der Waals surface area (Å²) in [6, 6.07) is 0. The number of hydrogen-bond donors (Lipinski definition) is 1. The molecule has 2 radical (unpaired) electrons. The maximum Gasteiger partial charge on any atom is 0.430 e. The molecule has 3 nitrogen and oxygen atoms in total. The lowest BCUT2D eigenvalue weighted by Gasteiger charge is -2.17.